The summed E-state index contributed by atoms with van der Waals surface area (Å²) >= 11 is 0. The summed E-state index contributed by atoms with van der Waals surface area (Å²) in [6, 6.07) is 8.35. The number of rotatable bonds is 2. The van der Waals surface area contributed by atoms with Crippen LogP contribution in [0.1, 0.15) is 19.2 Å². The maximum Gasteiger partial charge on any atom is 0.123 e. The van der Waals surface area contributed by atoms with E-state index in [9.17, 15) is 0 Å². The highest BCUT2D eigenvalue weighted by molar-refractivity contribution is 5.75. The fourth-order valence-electron chi connectivity index (χ4n) is 2.71. The van der Waals surface area contributed by atoms with Gasteiger partial charge in [0.2, 0.25) is 0 Å². The van der Waals surface area contributed by atoms with Crippen molar-refractivity contribution in [3.8, 4) is 0 Å². The van der Waals surface area contributed by atoms with E-state index in [2.05, 4.69) is 47.7 Å². The SMILES string of the molecule is C[C@H]1CCN(Cc2nc3ccccc3n2C)C1. The lowest BCUT2D eigenvalue weighted by atomic mass is 10.2. The van der Waals surface area contributed by atoms with Gasteiger partial charge >= 0.3 is 0 Å². The van der Waals surface area contributed by atoms with E-state index in [1.807, 2.05) is 0 Å². The first-order valence-electron chi connectivity index (χ1n) is 6.37. The summed E-state index contributed by atoms with van der Waals surface area (Å²) < 4.78 is 2.22. The number of hydrogen-bond acceptors (Lipinski definition) is 2. The monoisotopic (exact) mass is 229 g/mol. The maximum atomic E-state index is 4.72. The Hall–Kier alpha value is -1.35. The third kappa shape index (κ3) is 1.95. The number of hydrogen-bond donors (Lipinski definition) is 0. The molecule has 0 saturated carbocycles. The fraction of sp³-hybridized carbons (Fsp3) is 0.500. The minimum atomic E-state index is 0.838. The summed E-state index contributed by atoms with van der Waals surface area (Å²) in [5.41, 5.74) is 2.34. The molecule has 1 aliphatic rings. The van der Waals surface area contributed by atoms with E-state index in [0.717, 1.165) is 18.0 Å². The maximum absolute atomic E-state index is 4.72. The van der Waals surface area contributed by atoms with Gasteiger partial charge in [-0.2, -0.15) is 0 Å². The van der Waals surface area contributed by atoms with Crippen molar-refractivity contribution in [1.82, 2.24) is 14.5 Å². The summed E-state index contributed by atoms with van der Waals surface area (Å²) in [4.78, 5) is 7.23. The molecule has 1 saturated heterocycles. The predicted molar refractivity (Wildman–Crippen MR) is 69.8 cm³/mol. The number of benzene rings is 1. The zero-order valence-corrected chi connectivity index (χ0v) is 10.6. The number of para-hydroxylation sites is 2. The molecule has 0 aliphatic carbocycles. The second-order valence-electron chi connectivity index (χ2n) is 5.20. The molecule has 0 bridgehead atoms. The molecule has 1 aliphatic heterocycles. The second kappa shape index (κ2) is 4.15. The first-order valence-corrected chi connectivity index (χ1v) is 6.37. The first kappa shape index (κ1) is 10.8. The summed E-state index contributed by atoms with van der Waals surface area (Å²) in [5.74, 6) is 2.02. The van der Waals surface area contributed by atoms with Crippen molar-refractivity contribution in [1.29, 1.82) is 0 Å². The summed E-state index contributed by atoms with van der Waals surface area (Å²) in [6.07, 6.45) is 1.32. The van der Waals surface area contributed by atoms with Gasteiger partial charge in [0.1, 0.15) is 5.82 Å². The minimum Gasteiger partial charge on any atom is -0.330 e. The summed E-state index contributed by atoms with van der Waals surface area (Å²) in [6.45, 7) is 5.73. The van der Waals surface area contributed by atoms with Crippen LogP contribution in [0.25, 0.3) is 11.0 Å². The van der Waals surface area contributed by atoms with Gasteiger partial charge in [-0.3, -0.25) is 4.90 Å². The zero-order chi connectivity index (χ0) is 11.8. The van der Waals surface area contributed by atoms with Crippen molar-refractivity contribution >= 4 is 11.0 Å². The lowest BCUT2D eigenvalue weighted by Gasteiger charge is -2.14. The Morgan fingerprint density at radius 2 is 2.18 bits per heavy atom. The highest BCUT2D eigenvalue weighted by atomic mass is 15.2. The molecule has 3 rings (SSSR count). The second-order valence-corrected chi connectivity index (χ2v) is 5.20. The molecule has 1 atom stereocenters. The molecule has 2 heterocycles. The van der Waals surface area contributed by atoms with Crippen molar-refractivity contribution in [3.05, 3.63) is 30.1 Å². The molecule has 2 aromatic rings. The van der Waals surface area contributed by atoms with Gasteiger partial charge in [0, 0.05) is 13.6 Å². The number of aromatic nitrogens is 2. The van der Waals surface area contributed by atoms with Crippen molar-refractivity contribution < 1.29 is 0 Å². The lowest BCUT2D eigenvalue weighted by molar-refractivity contribution is 0.309. The van der Waals surface area contributed by atoms with Crippen molar-refractivity contribution in [2.75, 3.05) is 13.1 Å². The molecular weight excluding hydrogens is 210 g/mol. The van der Waals surface area contributed by atoms with E-state index < -0.39 is 0 Å². The Balaban J connectivity index is 1.88. The normalized spacial score (nSPS) is 21.4. The molecule has 3 heteroatoms. The number of aryl methyl sites for hydroxylation is 1. The average molecular weight is 229 g/mol. The average Bonchev–Trinajstić information content (AvgIpc) is 2.86. The molecule has 0 radical (unpaired) electrons. The van der Waals surface area contributed by atoms with Crippen molar-refractivity contribution in [2.24, 2.45) is 13.0 Å². The van der Waals surface area contributed by atoms with Gasteiger partial charge in [0.25, 0.3) is 0 Å². The smallest absolute Gasteiger partial charge is 0.123 e. The van der Waals surface area contributed by atoms with Gasteiger partial charge in [-0.15, -0.1) is 0 Å². The van der Waals surface area contributed by atoms with Crippen molar-refractivity contribution in [2.45, 2.75) is 19.9 Å². The molecule has 90 valence electrons. The van der Waals surface area contributed by atoms with Crippen LogP contribution in [0.5, 0.6) is 0 Å². The summed E-state index contributed by atoms with van der Waals surface area (Å²) in [5, 5.41) is 0. The molecule has 17 heavy (non-hydrogen) atoms. The first-order chi connectivity index (χ1) is 8.24. The molecule has 0 unspecified atom stereocenters. The standard InChI is InChI=1S/C14H19N3/c1-11-7-8-17(9-11)10-14-15-12-5-3-4-6-13(12)16(14)2/h3-6,11H,7-10H2,1-2H3/t11-/m0/s1. The van der Waals surface area contributed by atoms with Crippen LogP contribution in [-0.2, 0) is 13.6 Å². The van der Waals surface area contributed by atoms with E-state index in [0.29, 0.717) is 0 Å². The Morgan fingerprint density at radius 3 is 2.88 bits per heavy atom. The van der Waals surface area contributed by atoms with E-state index in [1.54, 1.807) is 0 Å². The van der Waals surface area contributed by atoms with E-state index in [4.69, 9.17) is 4.98 Å². The van der Waals surface area contributed by atoms with Crippen LogP contribution in [0.3, 0.4) is 0 Å². The molecule has 1 aromatic carbocycles. The number of likely N-dealkylation sites (tertiary alicyclic amines) is 1. The van der Waals surface area contributed by atoms with Crippen LogP contribution in [-0.4, -0.2) is 27.5 Å². The van der Waals surface area contributed by atoms with Crippen LogP contribution >= 0.6 is 0 Å². The summed E-state index contributed by atoms with van der Waals surface area (Å²) in [7, 11) is 2.12. The van der Waals surface area contributed by atoms with Gasteiger partial charge in [0.05, 0.1) is 17.6 Å². The molecule has 3 nitrogen and oxygen atoms in total. The lowest BCUT2D eigenvalue weighted by Crippen LogP contribution is -2.21. The third-order valence-electron chi connectivity index (χ3n) is 3.75. The van der Waals surface area contributed by atoms with Gasteiger partial charge in [-0.25, -0.2) is 4.98 Å². The van der Waals surface area contributed by atoms with Gasteiger partial charge in [-0.05, 0) is 31.0 Å². The van der Waals surface area contributed by atoms with Crippen LogP contribution in [0.15, 0.2) is 24.3 Å². The highest BCUT2D eigenvalue weighted by Crippen LogP contribution is 2.20. The third-order valence-corrected chi connectivity index (χ3v) is 3.75. The van der Waals surface area contributed by atoms with Gasteiger partial charge in [-0.1, -0.05) is 19.1 Å². The van der Waals surface area contributed by atoms with Gasteiger partial charge in [0.15, 0.2) is 0 Å². The Labute approximate surface area is 102 Å². The molecule has 0 N–H and O–H groups in total. The Morgan fingerprint density at radius 1 is 1.35 bits per heavy atom. The predicted octanol–water partition coefficient (Wildman–Crippen LogP) is 2.42. The zero-order valence-electron chi connectivity index (χ0n) is 10.6. The number of imidazole rings is 1. The van der Waals surface area contributed by atoms with Crippen LogP contribution in [0.2, 0.25) is 0 Å². The Kier molecular flexibility index (Phi) is 2.63. The van der Waals surface area contributed by atoms with Gasteiger partial charge < -0.3 is 4.57 Å². The molecule has 0 amide bonds. The molecule has 1 aromatic heterocycles. The van der Waals surface area contributed by atoms with Crippen LogP contribution in [0.4, 0.5) is 0 Å². The number of fused-ring (bicyclic) bond motifs is 1. The largest absolute Gasteiger partial charge is 0.330 e. The highest BCUT2D eigenvalue weighted by Gasteiger charge is 2.20. The minimum absolute atomic E-state index is 0.838. The van der Waals surface area contributed by atoms with Crippen LogP contribution in [0, 0.1) is 5.92 Å². The van der Waals surface area contributed by atoms with E-state index in [1.165, 1.54) is 30.9 Å². The molecule has 1 fully saturated rings. The quantitative estimate of drug-likeness (QED) is 0.788. The molecule has 0 spiro atoms. The van der Waals surface area contributed by atoms with E-state index in [-0.39, 0.29) is 0 Å². The van der Waals surface area contributed by atoms with Crippen molar-refractivity contribution in [3.63, 3.8) is 0 Å². The van der Waals surface area contributed by atoms with E-state index >= 15 is 0 Å². The fourth-order valence-corrected chi connectivity index (χ4v) is 2.71. The molecular formula is C14H19N3. The Bertz CT molecular complexity index is 529. The van der Waals surface area contributed by atoms with Crippen LogP contribution < -0.4 is 0 Å². The topological polar surface area (TPSA) is 21.1 Å². The number of nitrogens with zero attached hydrogens (tertiary/aromatic N) is 3.